The van der Waals surface area contributed by atoms with E-state index in [1.807, 2.05) is 7.05 Å². The molecule has 0 amide bonds. The third kappa shape index (κ3) is 5.02. The Balaban J connectivity index is 1.16. The summed E-state index contributed by atoms with van der Waals surface area (Å²) in [7, 11) is 1.89. The molecule has 4 rings (SSSR count). The molecule has 2 saturated heterocycles. The van der Waals surface area contributed by atoms with Gasteiger partial charge in [0, 0.05) is 33.3 Å². The van der Waals surface area contributed by atoms with Crippen LogP contribution >= 0.6 is 0 Å². The SMILES string of the molecule is CN=C(NCC1CC1c1ccccc1)N1CCC(OCC2CCCO2)CC1. The van der Waals surface area contributed by atoms with Crippen LogP contribution in [0.2, 0.25) is 0 Å². The Hall–Kier alpha value is -1.59. The van der Waals surface area contributed by atoms with Crippen LogP contribution in [0.5, 0.6) is 0 Å². The lowest BCUT2D eigenvalue weighted by Crippen LogP contribution is -2.47. The zero-order chi connectivity index (χ0) is 18.5. The topological polar surface area (TPSA) is 46.1 Å². The number of aliphatic imine (C=N–C) groups is 1. The maximum Gasteiger partial charge on any atom is 0.193 e. The highest BCUT2D eigenvalue weighted by molar-refractivity contribution is 5.80. The maximum atomic E-state index is 6.09. The quantitative estimate of drug-likeness (QED) is 0.617. The van der Waals surface area contributed by atoms with Crippen LogP contribution in [0, 0.1) is 5.92 Å². The number of likely N-dealkylation sites (tertiary alicyclic amines) is 1. The Morgan fingerprint density at radius 2 is 2.04 bits per heavy atom. The van der Waals surface area contributed by atoms with Crippen LogP contribution in [0.4, 0.5) is 0 Å². The molecule has 0 spiro atoms. The van der Waals surface area contributed by atoms with Gasteiger partial charge in [-0.05, 0) is 49.5 Å². The van der Waals surface area contributed by atoms with Gasteiger partial charge in [0.2, 0.25) is 0 Å². The Morgan fingerprint density at radius 1 is 1.22 bits per heavy atom. The lowest BCUT2D eigenvalue weighted by atomic mass is 10.1. The van der Waals surface area contributed by atoms with Gasteiger partial charge in [-0.3, -0.25) is 4.99 Å². The Labute approximate surface area is 163 Å². The van der Waals surface area contributed by atoms with E-state index < -0.39 is 0 Å². The van der Waals surface area contributed by atoms with Crippen molar-refractivity contribution in [2.45, 2.75) is 50.2 Å². The van der Waals surface area contributed by atoms with Gasteiger partial charge < -0.3 is 19.7 Å². The highest BCUT2D eigenvalue weighted by Gasteiger charge is 2.38. The number of nitrogens with zero attached hydrogens (tertiary/aromatic N) is 2. The summed E-state index contributed by atoms with van der Waals surface area (Å²) in [4.78, 5) is 6.89. The number of benzene rings is 1. The van der Waals surface area contributed by atoms with Gasteiger partial charge in [0.25, 0.3) is 0 Å². The van der Waals surface area contributed by atoms with E-state index in [0.29, 0.717) is 18.1 Å². The second-order valence-electron chi connectivity index (χ2n) is 8.10. The predicted octanol–water partition coefficient (Wildman–Crippen LogP) is 3.03. The van der Waals surface area contributed by atoms with Crippen molar-refractivity contribution in [2.75, 3.05) is 39.9 Å². The molecule has 5 nitrogen and oxygen atoms in total. The molecule has 0 bridgehead atoms. The van der Waals surface area contributed by atoms with Crippen LogP contribution in [0.1, 0.15) is 43.6 Å². The van der Waals surface area contributed by atoms with Crippen LogP contribution in [-0.2, 0) is 9.47 Å². The minimum atomic E-state index is 0.327. The van der Waals surface area contributed by atoms with Gasteiger partial charge in [0.1, 0.15) is 0 Å². The number of nitrogens with one attached hydrogen (secondary N) is 1. The van der Waals surface area contributed by atoms with Crippen molar-refractivity contribution in [2.24, 2.45) is 10.9 Å². The molecule has 1 N–H and O–H groups in total. The average molecular weight is 372 g/mol. The zero-order valence-electron chi connectivity index (χ0n) is 16.5. The molecule has 148 valence electrons. The van der Waals surface area contributed by atoms with E-state index in [-0.39, 0.29) is 0 Å². The van der Waals surface area contributed by atoms with Crippen LogP contribution in [-0.4, -0.2) is 63.0 Å². The minimum absolute atomic E-state index is 0.327. The van der Waals surface area contributed by atoms with E-state index in [1.165, 1.54) is 18.4 Å². The first kappa shape index (κ1) is 18.8. The molecule has 3 fully saturated rings. The molecule has 1 aromatic carbocycles. The molecule has 1 aliphatic carbocycles. The predicted molar refractivity (Wildman–Crippen MR) is 108 cm³/mol. The Kier molecular flexibility index (Phi) is 6.30. The van der Waals surface area contributed by atoms with E-state index >= 15 is 0 Å². The van der Waals surface area contributed by atoms with Crippen molar-refractivity contribution in [3.8, 4) is 0 Å². The van der Waals surface area contributed by atoms with Gasteiger partial charge in [0.05, 0.1) is 18.8 Å². The van der Waals surface area contributed by atoms with E-state index in [2.05, 4.69) is 45.5 Å². The van der Waals surface area contributed by atoms with E-state index in [1.54, 1.807) is 0 Å². The second kappa shape index (κ2) is 9.07. The van der Waals surface area contributed by atoms with Crippen LogP contribution in [0.25, 0.3) is 0 Å². The molecular weight excluding hydrogens is 338 g/mol. The first-order valence-electron chi connectivity index (χ1n) is 10.6. The Bertz CT molecular complexity index is 607. The number of hydrogen-bond acceptors (Lipinski definition) is 3. The van der Waals surface area contributed by atoms with Crippen LogP contribution in [0.3, 0.4) is 0 Å². The van der Waals surface area contributed by atoms with Gasteiger partial charge in [-0.25, -0.2) is 0 Å². The smallest absolute Gasteiger partial charge is 0.193 e. The number of hydrogen-bond donors (Lipinski definition) is 1. The standard InChI is InChI=1S/C22H33N3O2/c1-23-22(24-15-18-14-21(18)17-6-3-2-4-7-17)25-11-9-19(10-12-25)27-16-20-8-5-13-26-20/h2-4,6-7,18-21H,5,8-16H2,1H3,(H,23,24). The summed E-state index contributed by atoms with van der Waals surface area (Å²) in [5, 5.41) is 3.61. The van der Waals surface area contributed by atoms with E-state index in [0.717, 1.165) is 64.0 Å². The molecule has 0 aromatic heterocycles. The molecule has 3 atom stereocenters. The fraction of sp³-hybridized carbons (Fsp3) is 0.682. The molecule has 3 unspecified atom stereocenters. The molecule has 0 radical (unpaired) electrons. The molecule has 1 aromatic rings. The molecule has 27 heavy (non-hydrogen) atoms. The van der Waals surface area contributed by atoms with Crippen molar-refractivity contribution < 1.29 is 9.47 Å². The first-order valence-corrected chi connectivity index (χ1v) is 10.6. The largest absolute Gasteiger partial charge is 0.376 e. The van der Waals surface area contributed by atoms with Gasteiger partial charge in [-0.2, -0.15) is 0 Å². The lowest BCUT2D eigenvalue weighted by molar-refractivity contribution is -0.0367. The van der Waals surface area contributed by atoms with Gasteiger partial charge in [-0.1, -0.05) is 30.3 Å². The van der Waals surface area contributed by atoms with Crippen molar-refractivity contribution in [3.63, 3.8) is 0 Å². The molecule has 3 aliphatic rings. The fourth-order valence-corrected chi connectivity index (χ4v) is 4.39. The van der Waals surface area contributed by atoms with Crippen molar-refractivity contribution in [1.29, 1.82) is 0 Å². The monoisotopic (exact) mass is 371 g/mol. The average Bonchev–Trinajstić information content (AvgIpc) is 3.31. The van der Waals surface area contributed by atoms with E-state index in [9.17, 15) is 0 Å². The van der Waals surface area contributed by atoms with Crippen LogP contribution < -0.4 is 5.32 Å². The lowest BCUT2D eigenvalue weighted by Gasteiger charge is -2.34. The van der Waals surface area contributed by atoms with Gasteiger partial charge >= 0.3 is 0 Å². The summed E-state index contributed by atoms with van der Waals surface area (Å²) >= 11 is 0. The summed E-state index contributed by atoms with van der Waals surface area (Å²) in [6, 6.07) is 10.9. The van der Waals surface area contributed by atoms with Gasteiger partial charge in [-0.15, -0.1) is 0 Å². The Morgan fingerprint density at radius 3 is 2.74 bits per heavy atom. The number of guanidine groups is 1. The highest BCUT2D eigenvalue weighted by Crippen LogP contribution is 2.46. The highest BCUT2D eigenvalue weighted by atomic mass is 16.5. The number of rotatable bonds is 6. The third-order valence-electron chi connectivity index (χ3n) is 6.17. The fourth-order valence-electron chi connectivity index (χ4n) is 4.39. The molecule has 2 heterocycles. The molecular formula is C22H33N3O2. The summed E-state index contributed by atoms with van der Waals surface area (Å²) in [5.74, 6) is 2.50. The summed E-state index contributed by atoms with van der Waals surface area (Å²) in [6.45, 7) is 4.72. The summed E-state index contributed by atoms with van der Waals surface area (Å²) in [6.07, 6.45) is 6.46. The van der Waals surface area contributed by atoms with Crippen LogP contribution in [0.15, 0.2) is 35.3 Å². The number of ether oxygens (including phenoxy) is 2. The van der Waals surface area contributed by atoms with E-state index in [4.69, 9.17) is 9.47 Å². The number of piperidine rings is 1. The normalized spacial score (nSPS) is 29.1. The molecule has 1 saturated carbocycles. The summed E-state index contributed by atoms with van der Waals surface area (Å²) in [5.41, 5.74) is 1.48. The van der Waals surface area contributed by atoms with Crippen molar-refractivity contribution in [1.82, 2.24) is 10.2 Å². The molecule has 2 aliphatic heterocycles. The molecule has 5 heteroatoms. The zero-order valence-corrected chi connectivity index (χ0v) is 16.5. The van der Waals surface area contributed by atoms with Crippen molar-refractivity contribution in [3.05, 3.63) is 35.9 Å². The van der Waals surface area contributed by atoms with Gasteiger partial charge in [0.15, 0.2) is 5.96 Å². The minimum Gasteiger partial charge on any atom is -0.376 e. The third-order valence-corrected chi connectivity index (χ3v) is 6.17. The first-order chi connectivity index (χ1) is 13.3. The second-order valence-corrected chi connectivity index (χ2v) is 8.10. The maximum absolute atomic E-state index is 6.09. The van der Waals surface area contributed by atoms with Crippen molar-refractivity contribution >= 4 is 5.96 Å². The summed E-state index contributed by atoms with van der Waals surface area (Å²) < 4.78 is 11.7.